The highest BCUT2D eigenvalue weighted by molar-refractivity contribution is 5.82. The third-order valence-corrected chi connectivity index (χ3v) is 4.53. The summed E-state index contributed by atoms with van der Waals surface area (Å²) < 4.78 is 0. The lowest BCUT2D eigenvalue weighted by molar-refractivity contribution is -0.137. The second-order valence-corrected chi connectivity index (χ2v) is 6.77. The van der Waals surface area contributed by atoms with Crippen LogP contribution in [0.1, 0.15) is 68.9 Å². The van der Waals surface area contributed by atoms with Crippen LogP contribution in [0.3, 0.4) is 0 Å². The third-order valence-electron chi connectivity index (χ3n) is 4.53. The number of hydrogen-bond acceptors (Lipinski definition) is 2. The largest absolute Gasteiger partial charge is 0.481 e. The highest BCUT2D eigenvalue weighted by Gasteiger charge is 2.43. The van der Waals surface area contributed by atoms with Gasteiger partial charge in [-0.15, -0.1) is 0 Å². The van der Waals surface area contributed by atoms with Crippen LogP contribution in [0.2, 0.25) is 0 Å². The lowest BCUT2D eigenvalue weighted by Crippen LogP contribution is -2.26. The fourth-order valence-electron chi connectivity index (χ4n) is 2.90. The molecule has 4 nitrogen and oxygen atoms in total. The van der Waals surface area contributed by atoms with Crippen molar-refractivity contribution in [3.63, 3.8) is 0 Å². The lowest BCUT2D eigenvalue weighted by Gasteiger charge is -2.07. The number of carboxylic acids is 1. The summed E-state index contributed by atoms with van der Waals surface area (Å²) in [6, 6.07) is 8.63. The van der Waals surface area contributed by atoms with Crippen molar-refractivity contribution in [2.75, 3.05) is 6.54 Å². The van der Waals surface area contributed by atoms with Crippen LogP contribution in [-0.4, -0.2) is 23.5 Å². The maximum atomic E-state index is 12.1. The molecule has 1 aliphatic carbocycles. The lowest BCUT2D eigenvalue weighted by atomic mass is 10.00. The number of carbonyl (C=O) groups excluding carboxylic acids is 1. The van der Waals surface area contributed by atoms with Crippen molar-refractivity contribution >= 4 is 11.9 Å². The van der Waals surface area contributed by atoms with Crippen LogP contribution in [0, 0.1) is 5.92 Å². The molecule has 1 amide bonds. The second-order valence-electron chi connectivity index (χ2n) is 6.77. The predicted molar refractivity (Wildman–Crippen MR) is 90.5 cm³/mol. The minimum atomic E-state index is -0.752. The van der Waals surface area contributed by atoms with Gasteiger partial charge in [-0.05, 0) is 42.2 Å². The smallest absolute Gasteiger partial charge is 0.303 e. The molecule has 0 heterocycles. The van der Waals surface area contributed by atoms with E-state index in [1.807, 2.05) is 0 Å². The summed E-state index contributed by atoms with van der Waals surface area (Å²) in [5.74, 6) is 0.394. The molecule has 0 radical (unpaired) electrons. The molecule has 2 atom stereocenters. The van der Waals surface area contributed by atoms with Gasteiger partial charge >= 0.3 is 5.97 Å². The molecular weight excluding hydrogens is 290 g/mol. The normalized spacial score (nSPS) is 19.6. The van der Waals surface area contributed by atoms with Crippen molar-refractivity contribution in [3.8, 4) is 0 Å². The molecule has 0 aromatic heterocycles. The van der Waals surface area contributed by atoms with E-state index < -0.39 is 5.97 Å². The van der Waals surface area contributed by atoms with Crippen LogP contribution in [0.25, 0.3) is 0 Å². The van der Waals surface area contributed by atoms with Gasteiger partial charge in [0.05, 0.1) is 0 Å². The molecule has 2 N–H and O–H groups in total. The van der Waals surface area contributed by atoms with Crippen molar-refractivity contribution in [2.45, 2.75) is 57.8 Å². The number of aliphatic carboxylic acids is 1. The predicted octanol–water partition coefficient (Wildman–Crippen LogP) is 3.67. The van der Waals surface area contributed by atoms with E-state index in [1.54, 1.807) is 0 Å². The van der Waals surface area contributed by atoms with Gasteiger partial charge in [0.2, 0.25) is 5.91 Å². The fourth-order valence-corrected chi connectivity index (χ4v) is 2.90. The van der Waals surface area contributed by atoms with Crippen LogP contribution in [-0.2, 0) is 9.59 Å². The quantitative estimate of drug-likeness (QED) is 0.683. The Balaban J connectivity index is 1.67. The zero-order valence-electron chi connectivity index (χ0n) is 14.0. The fraction of sp³-hybridized carbons (Fsp3) is 0.579. The van der Waals surface area contributed by atoms with Gasteiger partial charge in [0.1, 0.15) is 0 Å². The molecule has 1 aromatic carbocycles. The van der Waals surface area contributed by atoms with Gasteiger partial charge in [0.25, 0.3) is 0 Å². The number of hydrogen-bond donors (Lipinski definition) is 2. The first-order valence-corrected chi connectivity index (χ1v) is 8.58. The average Bonchev–Trinajstić information content (AvgIpc) is 3.31. The maximum absolute atomic E-state index is 12.1. The van der Waals surface area contributed by atoms with Crippen LogP contribution in [0.15, 0.2) is 24.3 Å². The first-order valence-electron chi connectivity index (χ1n) is 8.58. The average molecular weight is 317 g/mol. The molecule has 23 heavy (non-hydrogen) atoms. The van der Waals surface area contributed by atoms with E-state index in [-0.39, 0.29) is 18.2 Å². The third kappa shape index (κ3) is 5.38. The van der Waals surface area contributed by atoms with Gasteiger partial charge in [-0.1, -0.05) is 44.5 Å². The highest BCUT2D eigenvalue weighted by Crippen LogP contribution is 2.47. The van der Waals surface area contributed by atoms with E-state index in [4.69, 9.17) is 5.11 Å². The Hall–Kier alpha value is -1.84. The summed E-state index contributed by atoms with van der Waals surface area (Å²) >= 11 is 0. The van der Waals surface area contributed by atoms with Gasteiger partial charge < -0.3 is 10.4 Å². The maximum Gasteiger partial charge on any atom is 0.303 e. The van der Waals surface area contributed by atoms with Crippen molar-refractivity contribution in [1.29, 1.82) is 0 Å². The van der Waals surface area contributed by atoms with Gasteiger partial charge in [-0.25, -0.2) is 0 Å². The molecule has 1 fully saturated rings. The Morgan fingerprint density at radius 2 is 1.87 bits per heavy atom. The van der Waals surface area contributed by atoms with Gasteiger partial charge in [-0.2, -0.15) is 0 Å². The molecule has 4 heteroatoms. The number of benzene rings is 1. The first kappa shape index (κ1) is 17.5. The Morgan fingerprint density at radius 3 is 2.48 bits per heavy atom. The monoisotopic (exact) mass is 317 g/mol. The number of carbonyl (C=O) groups is 2. The minimum absolute atomic E-state index is 0.110. The SMILES string of the molecule is CC(C)c1ccc(C2CC2C(=O)NCCCCCC(=O)O)cc1. The van der Waals surface area contributed by atoms with Crippen LogP contribution >= 0.6 is 0 Å². The van der Waals surface area contributed by atoms with Crippen LogP contribution in [0.5, 0.6) is 0 Å². The molecule has 1 aromatic rings. The van der Waals surface area contributed by atoms with E-state index in [0.717, 1.165) is 19.3 Å². The Bertz CT molecular complexity index is 536. The van der Waals surface area contributed by atoms with Gasteiger partial charge in [0, 0.05) is 18.9 Å². The minimum Gasteiger partial charge on any atom is -0.481 e. The molecule has 1 saturated carbocycles. The molecule has 0 bridgehead atoms. The number of carboxylic acid groups (broad SMARTS) is 1. The molecule has 0 aliphatic heterocycles. The van der Waals surface area contributed by atoms with Crippen molar-refractivity contribution in [2.24, 2.45) is 5.92 Å². The van der Waals surface area contributed by atoms with Crippen LogP contribution < -0.4 is 5.32 Å². The standard InChI is InChI=1S/C19H27NO3/c1-13(2)14-7-9-15(10-8-14)16-12-17(16)19(23)20-11-5-3-4-6-18(21)22/h7-10,13,16-17H,3-6,11-12H2,1-2H3,(H,20,23)(H,21,22). The summed E-state index contributed by atoms with van der Waals surface area (Å²) in [6.07, 6.45) is 3.52. The summed E-state index contributed by atoms with van der Waals surface area (Å²) in [5, 5.41) is 11.5. The molecule has 2 rings (SSSR count). The number of unbranched alkanes of at least 4 members (excludes halogenated alkanes) is 2. The van der Waals surface area contributed by atoms with E-state index in [2.05, 4.69) is 43.4 Å². The van der Waals surface area contributed by atoms with Gasteiger partial charge in [-0.3, -0.25) is 9.59 Å². The first-order chi connectivity index (χ1) is 11.0. The zero-order valence-corrected chi connectivity index (χ0v) is 14.0. The van der Waals surface area contributed by atoms with E-state index in [9.17, 15) is 9.59 Å². The number of rotatable bonds is 9. The van der Waals surface area contributed by atoms with E-state index in [1.165, 1.54) is 11.1 Å². The highest BCUT2D eigenvalue weighted by atomic mass is 16.4. The Morgan fingerprint density at radius 1 is 1.17 bits per heavy atom. The zero-order chi connectivity index (χ0) is 16.8. The number of amides is 1. The van der Waals surface area contributed by atoms with Crippen molar-refractivity contribution in [3.05, 3.63) is 35.4 Å². The molecule has 0 saturated heterocycles. The Labute approximate surface area is 138 Å². The summed E-state index contributed by atoms with van der Waals surface area (Å²) in [5.41, 5.74) is 2.59. The molecule has 1 aliphatic rings. The molecular formula is C19H27NO3. The number of nitrogens with one attached hydrogen (secondary N) is 1. The van der Waals surface area contributed by atoms with E-state index >= 15 is 0 Å². The summed E-state index contributed by atoms with van der Waals surface area (Å²) in [7, 11) is 0. The summed E-state index contributed by atoms with van der Waals surface area (Å²) in [4.78, 5) is 22.5. The van der Waals surface area contributed by atoms with E-state index in [0.29, 0.717) is 24.8 Å². The topological polar surface area (TPSA) is 66.4 Å². The van der Waals surface area contributed by atoms with Crippen LogP contribution in [0.4, 0.5) is 0 Å². The van der Waals surface area contributed by atoms with Crippen molar-refractivity contribution in [1.82, 2.24) is 5.32 Å². The summed E-state index contributed by atoms with van der Waals surface area (Å²) in [6.45, 7) is 5.01. The van der Waals surface area contributed by atoms with Gasteiger partial charge in [0.15, 0.2) is 0 Å². The van der Waals surface area contributed by atoms with Crippen molar-refractivity contribution < 1.29 is 14.7 Å². The Kier molecular flexibility index (Phi) is 6.20. The molecule has 0 spiro atoms. The second kappa shape index (κ2) is 8.14. The molecule has 2 unspecified atom stereocenters. The molecule has 126 valence electrons.